The van der Waals surface area contributed by atoms with Crippen molar-refractivity contribution in [3.8, 4) is 0 Å². The van der Waals surface area contributed by atoms with E-state index in [0.29, 0.717) is 45.6 Å². The number of likely N-dealkylation sites (tertiary alicyclic amines) is 1. The summed E-state index contributed by atoms with van der Waals surface area (Å²) in [5.41, 5.74) is 0. The number of aliphatic hydroxyl groups excluding tert-OH is 1. The van der Waals surface area contributed by atoms with Gasteiger partial charge in [0.25, 0.3) is 0 Å². The molecule has 0 saturated carbocycles. The molecule has 3 aliphatic rings. The van der Waals surface area contributed by atoms with Gasteiger partial charge in [0.15, 0.2) is 0 Å². The quantitative estimate of drug-likeness (QED) is 0.241. The van der Waals surface area contributed by atoms with Crippen LogP contribution in [-0.2, 0) is 14.4 Å². The number of aliphatic hydroxyl groups is 1. The predicted molar refractivity (Wildman–Crippen MR) is 150 cm³/mol. The van der Waals surface area contributed by atoms with Gasteiger partial charge in [-0.2, -0.15) is 0 Å². The minimum absolute atomic E-state index is 0.0165. The Morgan fingerprint density at radius 2 is 1.70 bits per heavy atom. The van der Waals surface area contributed by atoms with Gasteiger partial charge in [-0.15, -0.1) is 24.9 Å². The second kappa shape index (κ2) is 12.8. The first kappa shape index (κ1) is 29.8. The van der Waals surface area contributed by atoms with Crippen LogP contribution >= 0.6 is 11.8 Å². The number of nitrogens with zero attached hydrogens (tertiary/aromatic N) is 3. The SMILES string of the molecule is C=CCN(CCCCC)C(=O)C1N(CCCCO)C(=O)[C@@H]2[C@@H](C(=O)N(CC=C)CCC)[C@@]3(C)CCC12S3. The van der Waals surface area contributed by atoms with Gasteiger partial charge in [-0.1, -0.05) is 38.8 Å². The highest BCUT2D eigenvalue weighted by atomic mass is 32.2. The lowest BCUT2D eigenvalue weighted by molar-refractivity contribution is -0.145. The van der Waals surface area contributed by atoms with Crippen LogP contribution in [0.2, 0.25) is 0 Å². The van der Waals surface area contributed by atoms with Gasteiger partial charge in [0.2, 0.25) is 17.7 Å². The Morgan fingerprint density at radius 3 is 2.30 bits per heavy atom. The summed E-state index contributed by atoms with van der Waals surface area (Å²) in [6.07, 6.45) is 10.1. The van der Waals surface area contributed by atoms with Crippen molar-refractivity contribution < 1.29 is 19.5 Å². The summed E-state index contributed by atoms with van der Waals surface area (Å²) in [6.45, 7) is 16.7. The summed E-state index contributed by atoms with van der Waals surface area (Å²) in [5, 5.41) is 9.38. The van der Waals surface area contributed by atoms with Gasteiger partial charge in [-0.05, 0) is 45.4 Å². The summed E-state index contributed by atoms with van der Waals surface area (Å²) in [5.74, 6) is -1.01. The number of carbonyl (C=O) groups excluding carboxylic acids is 3. The van der Waals surface area contributed by atoms with Crippen LogP contribution in [-0.4, -0.2) is 92.4 Å². The van der Waals surface area contributed by atoms with Gasteiger partial charge >= 0.3 is 0 Å². The van der Waals surface area contributed by atoms with E-state index in [2.05, 4.69) is 27.0 Å². The number of amides is 3. The molecular weight excluding hydrogens is 486 g/mol. The van der Waals surface area contributed by atoms with E-state index in [1.165, 1.54) is 0 Å². The molecule has 3 aliphatic heterocycles. The van der Waals surface area contributed by atoms with Crippen molar-refractivity contribution in [2.45, 2.75) is 87.7 Å². The molecular formula is C29H47N3O4S. The average molecular weight is 534 g/mol. The maximum Gasteiger partial charge on any atom is 0.247 e. The van der Waals surface area contributed by atoms with Gasteiger partial charge in [-0.25, -0.2) is 0 Å². The van der Waals surface area contributed by atoms with Crippen molar-refractivity contribution in [2.75, 3.05) is 39.3 Å². The fourth-order valence-corrected chi connectivity index (χ4v) is 9.15. The van der Waals surface area contributed by atoms with Gasteiger partial charge in [0.05, 0.1) is 16.6 Å². The zero-order valence-corrected chi connectivity index (χ0v) is 23.9. The molecule has 208 valence electrons. The van der Waals surface area contributed by atoms with E-state index >= 15 is 0 Å². The molecule has 5 atom stereocenters. The number of hydrogen-bond acceptors (Lipinski definition) is 5. The molecule has 3 fully saturated rings. The highest BCUT2D eigenvalue weighted by Gasteiger charge is 2.77. The Balaban J connectivity index is 2.02. The smallest absolute Gasteiger partial charge is 0.247 e. The fraction of sp³-hybridized carbons (Fsp3) is 0.759. The van der Waals surface area contributed by atoms with Crippen LogP contribution in [0.5, 0.6) is 0 Å². The lowest BCUT2D eigenvalue weighted by Gasteiger charge is -2.38. The van der Waals surface area contributed by atoms with E-state index in [0.717, 1.165) is 38.5 Å². The molecule has 3 heterocycles. The van der Waals surface area contributed by atoms with Crippen molar-refractivity contribution in [1.82, 2.24) is 14.7 Å². The summed E-state index contributed by atoms with van der Waals surface area (Å²) in [6, 6.07) is -0.589. The molecule has 0 radical (unpaired) electrons. The van der Waals surface area contributed by atoms with E-state index in [-0.39, 0.29) is 29.1 Å². The lowest BCUT2D eigenvalue weighted by Crippen LogP contribution is -2.55. The molecule has 8 heteroatoms. The normalized spacial score (nSPS) is 29.9. The molecule has 3 saturated heterocycles. The average Bonchev–Trinajstić information content (AvgIpc) is 3.44. The van der Waals surface area contributed by atoms with Gasteiger partial charge in [0, 0.05) is 44.1 Å². The standard InChI is InChI=1S/C29H47N3O4S/c1-6-10-11-19-31(18-9-4)27(36)24-29-15-14-28(5,37-29)22(25(34)30(16-7-2)17-8-3)23(29)26(35)32(24)20-12-13-21-33/h7,9,22-24,33H,2,4,6,8,10-21H2,1,3,5H3/t22-,23-,24?,28+,29?/m0/s1. The predicted octanol–water partition coefficient (Wildman–Crippen LogP) is 3.87. The Hall–Kier alpha value is -1.80. The molecule has 3 rings (SSSR count). The van der Waals surface area contributed by atoms with Crippen molar-refractivity contribution in [2.24, 2.45) is 11.8 Å². The monoisotopic (exact) mass is 533 g/mol. The van der Waals surface area contributed by atoms with Crippen molar-refractivity contribution >= 4 is 29.5 Å². The van der Waals surface area contributed by atoms with Crippen LogP contribution in [0.3, 0.4) is 0 Å². The number of unbranched alkanes of at least 4 members (excludes halogenated alkanes) is 3. The van der Waals surface area contributed by atoms with E-state index in [1.807, 2.05) is 16.7 Å². The van der Waals surface area contributed by atoms with Crippen molar-refractivity contribution in [1.29, 1.82) is 0 Å². The minimum Gasteiger partial charge on any atom is -0.396 e. The van der Waals surface area contributed by atoms with Crippen LogP contribution in [0.25, 0.3) is 0 Å². The van der Waals surface area contributed by atoms with Crippen molar-refractivity contribution in [3.05, 3.63) is 25.3 Å². The Morgan fingerprint density at radius 1 is 1.03 bits per heavy atom. The van der Waals surface area contributed by atoms with E-state index in [1.54, 1.807) is 28.8 Å². The number of carbonyl (C=O) groups is 3. The van der Waals surface area contributed by atoms with E-state index in [4.69, 9.17) is 0 Å². The van der Waals surface area contributed by atoms with E-state index < -0.39 is 22.6 Å². The number of rotatable bonds is 16. The fourth-order valence-electron chi connectivity index (χ4n) is 6.80. The maximum absolute atomic E-state index is 14.3. The molecule has 7 nitrogen and oxygen atoms in total. The molecule has 0 aromatic carbocycles. The largest absolute Gasteiger partial charge is 0.396 e. The summed E-state index contributed by atoms with van der Waals surface area (Å²) in [7, 11) is 0. The molecule has 1 spiro atoms. The lowest BCUT2D eigenvalue weighted by atomic mass is 9.66. The Labute approximate surface area is 227 Å². The third-order valence-corrected chi connectivity index (χ3v) is 10.4. The molecule has 3 amide bonds. The third kappa shape index (κ3) is 5.51. The second-order valence-corrected chi connectivity index (χ2v) is 12.9. The molecule has 37 heavy (non-hydrogen) atoms. The van der Waals surface area contributed by atoms with Crippen LogP contribution in [0.1, 0.15) is 72.1 Å². The first-order valence-corrected chi connectivity index (χ1v) is 15.0. The van der Waals surface area contributed by atoms with Gasteiger partial charge in [-0.3, -0.25) is 14.4 Å². The molecule has 2 unspecified atom stereocenters. The summed E-state index contributed by atoms with van der Waals surface area (Å²) >= 11 is 1.73. The Kier molecular flexibility index (Phi) is 10.3. The molecule has 0 aromatic heterocycles. The minimum atomic E-state index is -0.599. The van der Waals surface area contributed by atoms with Gasteiger partial charge < -0.3 is 19.8 Å². The molecule has 0 aliphatic carbocycles. The molecule has 0 aromatic rings. The van der Waals surface area contributed by atoms with Crippen molar-refractivity contribution in [3.63, 3.8) is 0 Å². The van der Waals surface area contributed by atoms with Crippen LogP contribution < -0.4 is 0 Å². The zero-order chi connectivity index (χ0) is 27.2. The first-order chi connectivity index (χ1) is 17.8. The van der Waals surface area contributed by atoms with Crippen LogP contribution in [0, 0.1) is 11.8 Å². The second-order valence-electron chi connectivity index (χ2n) is 11.0. The van der Waals surface area contributed by atoms with Gasteiger partial charge in [0.1, 0.15) is 6.04 Å². The zero-order valence-electron chi connectivity index (χ0n) is 23.1. The van der Waals surface area contributed by atoms with Crippen LogP contribution in [0.15, 0.2) is 25.3 Å². The number of hydrogen-bond donors (Lipinski definition) is 1. The molecule has 2 bridgehead atoms. The molecule has 1 N–H and O–H groups in total. The Bertz CT molecular complexity index is 866. The topological polar surface area (TPSA) is 81.2 Å². The van der Waals surface area contributed by atoms with E-state index in [9.17, 15) is 19.5 Å². The highest BCUT2D eigenvalue weighted by molar-refractivity contribution is 8.02. The summed E-state index contributed by atoms with van der Waals surface area (Å²) < 4.78 is -0.968. The third-order valence-electron chi connectivity index (χ3n) is 8.43. The highest BCUT2D eigenvalue weighted by Crippen LogP contribution is 2.71. The maximum atomic E-state index is 14.3. The van der Waals surface area contributed by atoms with Crippen LogP contribution in [0.4, 0.5) is 0 Å². The first-order valence-electron chi connectivity index (χ1n) is 14.2. The number of fused-ring (bicyclic) bond motifs is 1. The number of thioether (sulfide) groups is 1. The summed E-state index contributed by atoms with van der Waals surface area (Å²) in [4.78, 5) is 47.9.